The molecule has 29 heavy (non-hydrogen) atoms. The fraction of sp³-hybridized carbons (Fsp3) is 1.00. The van der Waals surface area contributed by atoms with Crippen molar-refractivity contribution in [3.8, 4) is 0 Å². The molecule has 0 saturated heterocycles. The second kappa shape index (κ2) is 12.7. The molecule has 2 nitrogen and oxygen atoms in total. The largest absolute Gasteiger partial charge is 0.393 e. The van der Waals surface area contributed by atoms with Crippen molar-refractivity contribution in [3.05, 3.63) is 0 Å². The van der Waals surface area contributed by atoms with E-state index in [0.29, 0.717) is 23.7 Å². The van der Waals surface area contributed by atoms with Crippen LogP contribution in [-0.2, 0) is 0 Å². The van der Waals surface area contributed by atoms with Crippen molar-refractivity contribution in [2.75, 3.05) is 0 Å². The first-order valence-electron chi connectivity index (χ1n) is 13.1. The number of aliphatic hydroxyl groups excluding tert-OH is 2. The van der Waals surface area contributed by atoms with Crippen LogP contribution in [0.15, 0.2) is 0 Å². The van der Waals surface area contributed by atoms with E-state index in [1.165, 1.54) is 57.8 Å². The minimum Gasteiger partial charge on any atom is -0.393 e. The molecule has 2 N–H and O–H groups in total. The second-order valence-corrected chi connectivity index (χ2v) is 11.7. The normalized spacial score (nSPS) is 32.7. The third kappa shape index (κ3) is 8.90. The molecule has 0 amide bonds. The topological polar surface area (TPSA) is 40.5 Å². The highest BCUT2D eigenvalue weighted by Crippen LogP contribution is 2.36. The predicted molar refractivity (Wildman–Crippen MR) is 125 cm³/mol. The first-order chi connectivity index (χ1) is 13.8. The summed E-state index contributed by atoms with van der Waals surface area (Å²) in [5.41, 5.74) is 0. The Balaban J connectivity index is 1.68. The van der Waals surface area contributed by atoms with Crippen molar-refractivity contribution < 1.29 is 10.2 Å². The van der Waals surface area contributed by atoms with Gasteiger partial charge in [0.25, 0.3) is 0 Å². The lowest BCUT2D eigenvalue weighted by Gasteiger charge is -2.33. The lowest BCUT2D eigenvalue weighted by molar-refractivity contribution is 0.0437. The standard InChI is InChI=1S/C27H52O2/c1-19(2)25(18-27(29)24-15-11-21(4)12-16-24)7-6-8-26(28)22(5)17-23-13-9-20(3)10-14-23/h19-29H,6-18H2,1-5H3/t20-,21?,22?,23+,24?,25?,26?,27?. The monoisotopic (exact) mass is 408 g/mol. The quantitative estimate of drug-likeness (QED) is 0.379. The Morgan fingerprint density at radius 2 is 1.31 bits per heavy atom. The van der Waals surface area contributed by atoms with E-state index < -0.39 is 0 Å². The number of hydrogen-bond donors (Lipinski definition) is 2. The fourth-order valence-corrected chi connectivity index (χ4v) is 6.02. The maximum absolute atomic E-state index is 10.8. The summed E-state index contributed by atoms with van der Waals surface area (Å²) >= 11 is 0. The van der Waals surface area contributed by atoms with Gasteiger partial charge in [-0.2, -0.15) is 0 Å². The van der Waals surface area contributed by atoms with Gasteiger partial charge in [0.05, 0.1) is 12.2 Å². The smallest absolute Gasteiger partial charge is 0.0571 e. The van der Waals surface area contributed by atoms with Gasteiger partial charge in [0.15, 0.2) is 0 Å². The highest BCUT2D eigenvalue weighted by molar-refractivity contribution is 4.80. The Labute approximate surface area is 182 Å². The first-order valence-corrected chi connectivity index (χ1v) is 13.1. The van der Waals surface area contributed by atoms with E-state index in [1.807, 2.05) is 0 Å². The van der Waals surface area contributed by atoms with Gasteiger partial charge in [0, 0.05) is 0 Å². The van der Waals surface area contributed by atoms with E-state index in [0.717, 1.165) is 43.4 Å². The maximum Gasteiger partial charge on any atom is 0.0571 e. The van der Waals surface area contributed by atoms with Gasteiger partial charge in [0.1, 0.15) is 0 Å². The Bertz CT molecular complexity index is 418. The summed E-state index contributed by atoms with van der Waals surface area (Å²) in [5.74, 6) is 4.76. The molecule has 0 aliphatic heterocycles. The molecule has 0 aromatic rings. The third-order valence-corrected chi connectivity index (χ3v) is 8.66. The molecule has 2 heteroatoms. The Kier molecular flexibility index (Phi) is 11.0. The van der Waals surface area contributed by atoms with E-state index in [4.69, 9.17) is 0 Å². The molecular weight excluding hydrogens is 356 g/mol. The molecule has 4 atom stereocenters. The minimum atomic E-state index is -0.146. The van der Waals surface area contributed by atoms with Crippen LogP contribution in [-0.4, -0.2) is 22.4 Å². The summed E-state index contributed by atoms with van der Waals surface area (Å²) < 4.78 is 0. The van der Waals surface area contributed by atoms with Gasteiger partial charge in [0.2, 0.25) is 0 Å². The fourth-order valence-electron chi connectivity index (χ4n) is 6.02. The van der Waals surface area contributed by atoms with Crippen LogP contribution in [0.4, 0.5) is 0 Å². The van der Waals surface area contributed by atoms with Gasteiger partial charge in [-0.15, -0.1) is 0 Å². The van der Waals surface area contributed by atoms with Crippen LogP contribution in [0.2, 0.25) is 0 Å². The van der Waals surface area contributed by atoms with E-state index in [-0.39, 0.29) is 12.2 Å². The zero-order valence-electron chi connectivity index (χ0n) is 20.3. The summed E-state index contributed by atoms with van der Waals surface area (Å²) in [6.07, 6.45) is 15.6. The lowest BCUT2D eigenvalue weighted by Crippen LogP contribution is -2.29. The summed E-state index contributed by atoms with van der Waals surface area (Å²) in [7, 11) is 0. The van der Waals surface area contributed by atoms with Gasteiger partial charge < -0.3 is 10.2 Å². The SMILES string of the molecule is CC1CCC(C(O)CC(CCCC(O)C(C)C[C@H]2CC[C@@H](C)CC2)C(C)C)CC1. The summed E-state index contributed by atoms with van der Waals surface area (Å²) in [6, 6.07) is 0. The number of aliphatic hydroxyl groups is 2. The van der Waals surface area contributed by atoms with Crippen LogP contribution in [0, 0.1) is 41.4 Å². The number of hydrogen-bond acceptors (Lipinski definition) is 2. The average Bonchev–Trinajstić information content (AvgIpc) is 2.69. The molecule has 2 fully saturated rings. The van der Waals surface area contributed by atoms with Gasteiger partial charge in [-0.05, 0) is 73.5 Å². The summed E-state index contributed by atoms with van der Waals surface area (Å²) in [6.45, 7) is 11.6. The molecular formula is C27H52O2. The molecule has 2 saturated carbocycles. The summed E-state index contributed by atoms with van der Waals surface area (Å²) in [4.78, 5) is 0. The molecule has 2 aliphatic carbocycles. The van der Waals surface area contributed by atoms with Crippen LogP contribution >= 0.6 is 0 Å². The van der Waals surface area contributed by atoms with Gasteiger partial charge in [-0.25, -0.2) is 0 Å². The molecule has 0 heterocycles. The highest BCUT2D eigenvalue weighted by Gasteiger charge is 2.28. The van der Waals surface area contributed by atoms with Gasteiger partial charge >= 0.3 is 0 Å². The minimum absolute atomic E-state index is 0.118. The lowest BCUT2D eigenvalue weighted by atomic mass is 9.75. The zero-order valence-corrected chi connectivity index (χ0v) is 20.3. The van der Waals surface area contributed by atoms with Crippen LogP contribution in [0.25, 0.3) is 0 Å². The third-order valence-electron chi connectivity index (χ3n) is 8.66. The van der Waals surface area contributed by atoms with Crippen molar-refractivity contribution in [1.29, 1.82) is 0 Å². The summed E-state index contributed by atoms with van der Waals surface area (Å²) in [5, 5.41) is 21.5. The Morgan fingerprint density at radius 1 is 0.759 bits per heavy atom. The average molecular weight is 409 g/mol. The van der Waals surface area contributed by atoms with Gasteiger partial charge in [-0.3, -0.25) is 0 Å². The molecule has 172 valence electrons. The highest BCUT2D eigenvalue weighted by atomic mass is 16.3. The van der Waals surface area contributed by atoms with Crippen molar-refractivity contribution in [3.63, 3.8) is 0 Å². The van der Waals surface area contributed by atoms with E-state index >= 15 is 0 Å². The van der Waals surface area contributed by atoms with E-state index in [9.17, 15) is 10.2 Å². The number of rotatable bonds is 11. The van der Waals surface area contributed by atoms with E-state index in [2.05, 4.69) is 34.6 Å². The Morgan fingerprint density at radius 3 is 1.86 bits per heavy atom. The molecule has 0 bridgehead atoms. The van der Waals surface area contributed by atoms with Crippen molar-refractivity contribution >= 4 is 0 Å². The van der Waals surface area contributed by atoms with Gasteiger partial charge in [-0.1, -0.05) is 86.0 Å². The second-order valence-electron chi connectivity index (χ2n) is 11.7. The maximum atomic E-state index is 10.8. The Hall–Kier alpha value is -0.0800. The molecule has 0 radical (unpaired) electrons. The van der Waals surface area contributed by atoms with Crippen molar-refractivity contribution in [1.82, 2.24) is 0 Å². The van der Waals surface area contributed by atoms with Crippen molar-refractivity contribution in [2.45, 2.75) is 130 Å². The molecule has 0 aromatic carbocycles. The van der Waals surface area contributed by atoms with Crippen molar-refractivity contribution in [2.24, 2.45) is 41.4 Å². The molecule has 0 spiro atoms. The molecule has 2 rings (SSSR count). The molecule has 2 aliphatic rings. The van der Waals surface area contributed by atoms with Crippen LogP contribution < -0.4 is 0 Å². The molecule has 4 unspecified atom stereocenters. The zero-order chi connectivity index (χ0) is 21.4. The van der Waals surface area contributed by atoms with Crippen LogP contribution in [0.1, 0.15) is 118 Å². The predicted octanol–water partition coefficient (Wildman–Crippen LogP) is 7.22. The van der Waals surface area contributed by atoms with Crippen LogP contribution in [0.3, 0.4) is 0 Å². The first kappa shape index (κ1) is 25.2. The van der Waals surface area contributed by atoms with E-state index in [1.54, 1.807) is 0 Å². The van der Waals surface area contributed by atoms with Crippen LogP contribution in [0.5, 0.6) is 0 Å². The molecule has 0 aromatic heterocycles.